The van der Waals surface area contributed by atoms with Gasteiger partial charge >= 0.3 is 0 Å². The van der Waals surface area contributed by atoms with E-state index in [2.05, 4.69) is 4.90 Å². The Balaban J connectivity index is 0.00000162. The molecule has 1 aromatic rings. The van der Waals surface area contributed by atoms with Gasteiger partial charge in [0.2, 0.25) is 0 Å². The highest BCUT2D eigenvalue weighted by molar-refractivity contribution is 5.97. The maximum Gasteiger partial charge on any atom is 0.176 e. The van der Waals surface area contributed by atoms with Crippen LogP contribution in [0.15, 0.2) is 24.3 Å². The molecule has 1 aromatic carbocycles. The minimum Gasteiger partial charge on any atom is -1.00 e. The number of methoxy groups -OCH3 is 1. The van der Waals surface area contributed by atoms with Gasteiger partial charge in [-0.3, -0.25) is 9.69 Å². The smallest absolute Gasteiger partial charge is 0.176 e. The molecule has 0 radical (unpaired) electrons. The van der Waals surface area contributed by atoms with Gasteiger partial charge in [0.15, 0.2) is 5.78 Å². The first-order valence-corrected chi connectivity index (χ1v) is 6.19. The molecule has 0 spiro atoms. The van der Waals surface area contributed by atoms with Gasteiger partial charge in [0, 0.05) is 5.56 Å². The maximum absolute atomic E-state index is 12.0. The first-order chi connectivity index (χ1) is 8.29. The predicted octanol–water partition coefficient (Wildman–Crippen LogP) is -0.632. The average molecular weight is 313 g/mol. The van der Waals surface area contributed by atoms with Gasteiger partial charge in [0.1, 0.15) is 5.75 Å². The second-order valence-corrected chi connectivity index (χ2v) is 4.49. The molecule has 0 aliphatic carbocycles. The molecule has 4 heteroatoms. The molecule has 0 saturated carbocycles. The van der Waals surface area contributed by atoms with E-state index in [-0.39, 0.29) is 22.8 Å². The lowest BCUT2D eigenvalue weighted by atomic mass is 10.1. The normalized spacial score (nSPS) is 15.8. The van der Waals surface area contributed by atoms with Gasteiger partial charge < -0.3 is 21.7 Å². The van der Waals surface area contributed by atoms with Crippen molar-refractivity contribution in [1.29, 1.82) is 0 Å². The number of piperidine rings is 1. The molecule has 1 heterocycles. The van der Waals surface area contributed by atoms with Crippen LogP contribution in [0, 0.1) is 0 Å². The summed E-state index contributed by atoms with van der Waals surface area (Å²) in [5.41, 5.74) is 0.774. The van der Waals surface area contributed by atoms with E-state index in [1.807, 2.05) is 24.3 Å². The topological polar surface area (TPSA) is 29.5 Å². The van der Waals surface area contributed by atoms with E-state index in [1.165, 1.54) is 19.3 Å². The van der Waals surface area contributed by atoms with Gasteiger partial charge in [-0.25, -0.2) is 0 Å². The molecule has 1 aliphatic heterocycles. The van der Waals surface area contributed by atoms with Crippen LogP contribution < -0.4 is 21.7 Å². The van der Waals surface area contributed by atoms with E-state index in [0.717, 1.165) is 24.4 Å². The van der Waals surface area contributed by atoms with Crippen LogP contribution >= 0.6 is 0 Å². The maximum atomic E-state index is 12.0. The monoisotopic (exact) mass is 312 g/mol. The van der Waals surface area contributed by atoms with E-state index in [9.17, 15) is 4.79 Å². The van der Waals surface area contributed by atoms with E-state index >= 15 is 0 Å². The van der Waals surface area contributed by atoms with Crippen LogP contribution in [0.2, 0.25) is 0 Å². The van der Waals surface area contributed by atoms with Crippen molar-refractivity contribution < 1.29 is 26.5 Å². The molecule has 0 atom stereocenters. The first-order valence-electron chi connectivity index (χ1n) is 6.19. The van der Waals surface area contributed by atoms with Crippen molar-refractivity contribution in [3.63, 3.8) is 0 Å². The summed E-state index contributed by atoms with van der Waals surface area (Å²) < 4.78 is 5.08. The molecule has 0 aromatic heterocycles. The SMILES string of the molecule is COc1ccc(C(=O)CN2CCCCC2)cc1.[Br-]. The van der Waals surface area contributed by atoms with Gasteiger partial charge in [-0.15, -0.1) is 0 Å². The highest BCUT2D eigenvalue weighted by Gasteiger charge is 2.14. The number of halogens is 1. The predicted molar refractivity (Wildman–Crippen MR) is 67.6 cm³/mol. The summed E-state index contributed by atoms with van der Waals surface area (Å²) in [5.74, 6) is 0.995. The zero-order valence-corrected chi connectivity index (χ0v) is 12.3. The molecule has 0 N–H and O–H groups in total. The van der Waals surface area contributed by atoms with Crippen molar-refractivity contribution >= 4 is 5.78 Å². The standard InChI is InChI=1S/C14H19NO2.BrH/c1-17-13-7-5-12(6-8-13)14(16)11-15-9-3-2-4-10-15;/h5-8H,2-4,9-11H2,1H3;1H/p-1. The van der Waals surface area contributed by atoms with Crippen LogP contribution in [0.5, 0.6) is 5.75 Å². The molecular formula is C14H19BrNO2-. The van der Waals surface area contributed by atoms with Crippen molar-refractivity contribution in [3.8, 4) is 5.75 Å². The Hall–Kier alpha value is -0.870. The first kappa shape index (κ1) is 15.2. The summed E-state index contributed by atoms with van der Waals surface area (Å²) in [6.07, 6.45) is 3.74. The Labute approximate surface area is 119 Å². The number of Topliss-reactive ketones (excluding diaryl/α,β-unsaturated/α-hetero) is 1. The number of hydrogen-bond donors (Lipinski definition) is 0. The number of rotatable bonds is 4. The quantitative estimate of drug-likeness (QED) is 0.693. The number of ketones is 1. The second-order valence-electron chi connectivity index (χ2n) is 4.49. The Morgan fingerprint density at radius 3 is 2.33 bits per heavy atom. The number of nitrogens with zero attached hydrogens (tertiary/aromatic N) is 1. The number of benzene rings is 1. The fourth-order valence-electron chi connectivity index (χ4n) is 2.19. The fourth-order valence-corrected chi connectivity index (χ4v) is 2.19. The molecule has 0 bridgehead atoms. The van der Waals surface area contributed by atoms with E-state index in [4.69, 9.17) is 4.74 Å². The summed E-state index contributed by atoms with van der Waals surface area (Å²) in [6.45, 7) is 2.66. The van der Waals surface area contributed by atoms with Crippen molar-refractivity contribution in [2.24, 2.45) is 0 Å². The Morgan fingerprint density at radius 1 is 1.17 bits per heavy atom. The Morgan fingerprint density at radius 2 is 1.78 bits per heavy atom. The lowest BCUT2D eigenvalue weighted by molar-refractivity contribution is -0.0000120. The molecule has 0 unspecified atom stereocenters. The van der Waals surface area contributed by atoms with Crippen LogP contribution in [0.1, 0.15) is 29.6 Å². The summed E-state index contributed by atoms with van der Waals surface area (Å²) >= 11 is 0. The molecule has 1 saturated heterocycles. The average Bonchev–Trinajstić information content (AvgIpc) is 2.40. The lowest BCUT2D eigenvalue weighted by Gasteiger charge is -2.25. The largest absolute Gasteiger partial charge is 1.00 e. The molecular weight excluding hydrogens is 294 g/mol. The number of ether oxygens (including phenoxy) is 1. The summed E-state index contributed by atoms with van der Waals surface area (Å²) in [7, 11) is 1.63. The van der Waals surface area contributed by atoms with Crippen LogP contribution in [0.3, 0.4) is 0 Å². The minimum absolute atomic E-state index is 0. The third kappa shape index (κ3) is 4.10. The van der Waals surface area contributed by atoms with E-state index in [1.54, 1.807) is 7.11 Å². The van der Waals surface area contributed by atoms with E-state index in [0.29, 0.717) is 6.54 Å². The van der Waals surface area contributed by atoms with Crippen molar-refractivity contribution in [2.45, 2.75) is 19.3 Å². The Bertz CT molecular complexity index is 372. The lowest BCUT2D eigenvalue weighted by Crippen LogP contribution is -3.00. The molecule has 1 fully saturated rings. The zero-order valence-electron chi connectivity index (χ0n) is 10.7. The summed E-state index contributed by atoms with van der Waals surface area (Å²) in [6, 6.07) is 7.35. The fraction of sp³-hybridized carbons (Fsp3) is 0.500. The van der Waals surface area contributed by atoms with Crippen molar-refractivity contribution in [3.05, 3.63) is 29.8 Å². The molecule has 1 aliphatic rings. The zero-order chi connectivity index (χ0) is 12.1. The molecule has 18 heavy (non-hydrogen) atoms. The van der Waals surface area contributed by atoms with Crippen LogP contribution in [0.25, 0.3) is 0 Å². The van der Waals surface area contributed by atoms with Gasteiger partial charge in [0.05, 0.1) is 13.7 Å². The van der Waals surface area contributed by atoms with E-state index < -0.39 is 0 Å². The molecule has 3 nitrogen and oxygen atoms in total. The van der Waals surface area contributed by atoms with Crippen LogP contribution in [-0.2, 0) is 0 Å². The third-order valence-corrected chi connectivity index (χ3v) is 3.23. The Kier molecular flexibility index (Phi) is 6.36. The van der Waals surface area contributed by atoms with Gasteiger partial charge in [-0.1, -0.05) is 6.42 Å². The number of hydrogen-bond acceptors (Lipinski definition) is 3. The van der Waals surface area contributed by atoms with Crippen molar-refractivity contribution in [2.75, 3.05) is 26.7 Å². The summed E-state index contributed by atoms with van der Waals surface area (Å²) in [5, 5.41) is 0. The van der Waals surface area contributed by atoms with Gasteiger partial charge in [-0.2, -0.15) is 0 Å². The van der Waals surface area contributed by atoms with Gasteiger partial charge in [-0.05, 0) is 50.2 Å². The number of carbonyl (C=O) groups excluding carboxylic acids is 1. The molecule has 100 valence electrons. The highest BCUT2D eigenvalue weighted by atomic mass is 79.9. The molecule has 2 rings (SSSR count). The van der Waals surface area contributed by atoms with Crippen molar-refractivity contribution in [1.82, 2.24) is 4.90 Å². The second kappa shape index (κ2) is 7.54. The van der Waals surface area contributed by atoms with Crippen LogP contribution in [0.4, 0.5) is 0 Å². The highest BCUT2D eigenvalue weighted by Crippen LogP contribution is 2.13. The third-order valence-electron chi connectivity index (χ3n) is 3.23. The summed E-state index contributed by atoms with van der Waals surface area (Å²) in [4.78, 5) is 14.3. The number of carbonyl (C=O) groups is 1. The van der Waals surface area contributed by atoms with Gasteiger partial charge in [0.25, 0.3) is 0 Å². The number of likely N-dealkylation sites (tertiary alicyclic amines) is 1. The minimum atomic E-state index is 0. The van der Waals surface area contributed by atoms with Crippen LogP contribution in [-0.4, -0.2) is 37.4 Å². The molecule has 0 amide bonds.